The lowest BCUT2D eigenvalue weighted by molar-refractivity contribution is 0.0694. The molecule has 0 amide bonds. The normalized spacial score (nSPS) is 18.2. The summed E-state index contributed by atoms with van der Waals surface area (Å²) in [4.78, 5) is 23.8. The van der Waals surface area contributed by atoms with Crippen LogP contribution in [0, 0.1) is 5.92 Å². The first-order valence-electron chi connectivity index (χ1n) is 9.76. The molecule has 1 N–H and O–H groups in total. The Morgan fingerprint density at radius 3 is 2.54 bits per heavy atom. The number of hydrogen-bond donors (Lipinski definition) is 1. The Hall–Kier alpha value is -2.76. The number of carbonyl (C=O) groups is 1. The van der Waals surface area contributed by atoms with Crippen LogP contribution in [0.1, 0.15) is 55.1 Å². The molecule has 1 aromatic heterocycles. The molecular formula is C22H25NO5. The van der Waals surface area contributed by atoms with Gasteiger partial charge in [0.25, 0.3) is 0 Å². The van der Waals surface area contributed by atoms with Crippen molar-refractivity contribution in [1.29, 1.82) is 0 Å². The van der Waals surface area contributed by atoms with Gasteiger partial charge in [-0.25, -0.2) is 4.79 Å². The molecule has 1 aliphatic heterocycles. The fourth-order valence-corrected chi connectivity index (χ4v) is 4.01. The monoisotopic (exact) mass is 383 g/mol. The van der Waals surface area contributed by atoms with Gasteiger partial charge in [-0.15, -0.1) is 0 Å². The number of benzene rings is 1. The summed E-state index contributed by atoms with van der Waals surface area (Å²) in [5.74, 6) is 0.450. The zero-order chi connectivity index (χ0) is 20.0. The number of nitrogens with zero attached hydrogens (tertiary/aromatic N) is 1. The number of rotatable bonds is 5. The number of hydrogen-bond acceptors (Lipinski definition) is 4. The molecule has 0 bridgehead atoms. The van der Waals surface area contributed by atoms with Crippen molar-refractivity contribution in [3.05, 3.63) is 45.7 Å². The Balaban J connectivity index is 1.88. The summed E-state index contributed by atoms with van der Waals surface area (Å²) in [7, 11) is 1.61. The molecule has 1 saturated carbocycles. The molecular weight excluding hydrogens is 358 g/mol. The fourth-order valence-electron chi connectivity index (χ4n) is 4.01. The summed E-state index contributed by atoms with van der Waals surface area (Å²) in [5, 5.41) is 9.37. The minimum Gasteiger partial charge on any atom is -0.493 e. The number of carboxylic acids is 1. The minimum absolute atomic E-state index is 0.0612. The van der Waals surface area contributed by atoms with E-state index in [0.717, 1.165) is 41.8 Å². The summed E-state index contributed by atoms with van der Waals surface area (Å²) in [6, 6.07) is 5.43. The molecule has 0 radical (unpaired) electrons. The van der Waals surface area contributed by atoms with Gasteiger partial charge < -0.3 is 19.1 Å². The molecule has 1 aromatic carbocycles. The molecule has 28 heavy (non-hydrogen) atoms. The summed E-state index contributed by atoms with van der Waals surface area (Å²) < 4.78 is 13.6. The van der Waals surface area contributed by atoms with E-state index in [2.05, 4.69) is 13.8 Å². The number of pyridine rings is 1. The van der Waals surface area contributed by atoms with Crippen molar-refractivity contribution in [3.63, 3.8) is 0 Å². The number of carboxylic acid groups (broad SMARTS) is 1. The van der Waals surface area contributed by atoms with Crippen LogP contribution in [-0.4, -0.2) is 28.9 Å². The van der Waals surface area contributed by atoms with Gasteiger partial charge in [-0.2, -0.15) is 0 Å². The van der Waals surface area contributed by atoms with E-state index in [1.807, 2.05) is 16.7 Å². The predicted octanol–water partition coefficient (Wildman–Crippen LogP) is 3.91. The topological polar surface area (TPSA) is 77.8 Å². The zero-order valence-corrected chi connectivity index (χ0v) is 16.4. The van der Waals surface area contributed by atoms with Crippen LogP contribution in [0.5, 0.6) is 11.5 Å². The number of aromatic nitrogens is 1. The van der Waals surface area contributed by atoms with E-state index < -0.39 is 11.4 Å². The average molecular weight is 383 g/mol. The molecule has 2 heterocycles. The highest BCUT2D eigenvalue weighted by molar-refractivity contribution is 5.87. The second-order valence-corrected chi connectivity index (χ2v) is 8.00. The van der Waals surface area contributed by atoms with E-state index in [9.17, 15) is 14.7 Å². The highest BCUT2D eigenvalue weighted by atomic mass is 16.5. The van der Waals surface area contributed by atoms with Crippen LogP contribution in [0.2, 0.25) is 0 Å². The standard InChI is InChI=1S/C22H25NO5/c1-12(2)17-7-13-8-21(28-14-5-4-6-14)20(27-3)9-15(13)18-10-19(24)16(22(25)26)11-23(17)18/h8-12,14,17H,4-7H2,1-3H3,(H,25,26). The smallest absolute Gasteiger partial charge is 0.341 e. The minimum atomic E-state index is -1.20. The van der Waals surface area contributed by atoms with E-state index in [1.54, 1.807) is 7.11 Å². The molecule has 6 heteroatoms. The third-order valence-electron chi connectivity index (χ3n) is 5.88. The lowest BCUT2D eigenvalue weighted by Crippen LogP contribution is -2.28. The van der Waals surface area contributed by atoms with Crippen molar-refractivity contribution in [2.45, 2.75) is 51.7 Å². The molecule has 148 valence electrons. The Morgan fingerprint density at radius 2 is 1.96 bits per heavy atom. The highest BCUT2D eigenvalue weighted by Gasteiger charge is 2.30. The van der Waals surface area contributed by atoms with Crippen molar-refractivity contribution in [3.8, 4) is 22.8 Å². The summed E-state index contributed by atoms with van der Waals surface area (Å²) in [5.41, 5.74) is 2.03. The largest absolute Gasteiger partial charge is 0.493 e. The van der Waals surface area contributed by atoms with Crippen LogP contribution in [0.3, 0.4) is 0 Å². The number of ether oxygens (including phenoxy) is 2. The van der Waals surface area contributed by atoms with Gasteiger partial charge in [0, 0.05) is 23.9 Å². The number of fused-ring (bicyclic) bond motifs is 3. The Labute approximate surface area is 163 Å². The maximum Gasteiger partial charge on any atom is 0.341 e. The number of methoxy groups -OCH3 is 1. The van der Waals surface area contributed by atoms with Gasteiger partial charge in [0.05, 0.1) is 18.9 Å². The van der Waals surface area contributed by atoms with Crippen LogP contribution in [-0.2, 0) is 6.42 Å². The molecule has 2 aliphatic rings. The van der Waals surface area contributed by atoms with Crippen molar-refractivity contribution < 1.29 is 19.4 Å². The Bertz CT molecular complexity index is 987. The lowest BCUT2D eigenvalue weighted by Gasteiger charge is -2.34. The first-order chi connectivity index (χ1) is 13.4. The van der Waals surface area contributed by atoms with Crippen LogP contribution in [0.25, 0.3) is 11.3 Å². The van der Waals surface area contributed by atoms with E-state index in [-0.39, 0.29) is 23.6 Å². The van der Waals surface area contributed by atoms with Crippen molar-refractivity contribution >= 4 is 5.97 Å². The van der Waals surface area contributed by atoms with E-state index in [1.165, 1.54) is 18.7 Å². The van der Waals surface area contributed by atoms with Crippen molar-refractivity contribution in [2.24, 2.45) is 5.92 Å². The highest BCUT2D eigenvalue weighted by Crippen LogP contribution is 2.43. The van der Waals surface area contributed by atoms with Gasteiger partial charge in [0.1, 0.15) is 5.56 Å². The first kappa shape index (κ1) is 18.6. The summed E-state index contributed by atoms with van der Waals surface area (Å²) in [6.07, 6.45) is 5.78. The maximum atomic E-state index is 12.4. The molecule has 2 aromatic rings. The summed E-state index contributed by atoms with van der Waals surface area (Å²) >= 11 is 0. The molecule has 6 nitrogen and oxygen atoms in total. The molecule has 0 spiro atoms. The second-order valence-electron chi connectivity index (χ2n) is 8.00. The third kappa shape index (κ3) is 3.07. The van der Waals surface area contributed by atoms with Crippen LogP contribution >= 0.6 is 0 Å². The Morgan fingerprint density at radius 1 is 1.21 bits per heavy atom. The molecule has 4 rings (SSSR count). The van der Waals surface area contributed by atoms with E-state index in [4.69, 9.17) is 9.47 Å². The van der Waals surface area contributed by atoms with E-state index >= 15 is 0 Å². The van der Waals surface area contributed by atoms with Gasteiger partial charge >= 0.3 is 5.97 Å². The SMILES string of the molecule is COc1cc2c(cc1OC1CCC1)CC(C(C)C)n1cc(C(=O)O)c(=O)cc1-2. The van der Waals surface area contributed by atoms with Crippen molar-refractivity contribution in [2.75, 3.05) is 7.11 Å². The molecule has 1 fully saturated rings. The van der Waals surface area contributed by atoms with Gasteiger partial charge in [0.2, 0.25) is 0 Å². The van der Waals surface area contributed by atoms with Gasteiger partial charge in [-0.3, -0.25) is 4.79 Å². The van der Waals surface area contributed by atoms with Gasteiger partial charge in [0.15, 0.2) is 16.9 Å². The zero-order valence-electron chi connectivity index (χ0n) is 16.4. The molecule has 1 unspecified atom stereocenters. The quantitative estimate of drug-likeness (QED) is 0.847. The van der Waals surface area contributed by atoms with Crippen LogP contribution < -0.4 is 14.9 Å². The fraction of sp³-hybridized carbons (Fsp3) is 0.455. The lowest BCUT2D eigenvalue weighted by atomic mass is 9.87. The predicted molar refractivity (Wildman–Crippen MR) is 105 cm³/mol. The third-order valence-corrected chi connectivity index (χ3v) is 5.88. The second kappa shape index (κ2) is 7.00. The summed E-state index contributed by atoms with van der Waals surface area (Å²) in [6.45, 7) is 4.21. The molecule has 1 aliphatic carbocycles. The first-order valence-corrected chi connectivity index (χ1v) is 9.76. The van der Waals surface area contributed by atoms with Crippen molar-refractivity contribution in [1.82, 2.24) is 4.57 Å². The van der Waals surface area contributed by atoms with Gasteiger partial charge in [-0.1, -0.05) is 13.8 Å². The molecule has 1 atom stereocenters. The van der Waals surface area contributed by atoms with Crippen LogP contribution in [0.15, 0.2) is 29.2 Å². The average Bonchev–Trinajstić information content (AvgIpc) is 2.62. The molecule has 0 saturated heterocycles. The Kier molecular flexibility index (Phi) is 4.65. The maximum absolute atomic E-state index is 12.4. The van der Waals surface area contributed by atoms with Gasteiger partial charge in [-0.05, 0) is 49.3 Å². The van der Waals surface area contributed by atoms with E-state index in [0.29, 0.717) is 5.75 Å². The van der Waals surface area contributed by atoms with Crippen LogP contribution in [0.4, 0.5) is 0 Å². The number of aromatic carboxylic acids is 1.